The van der Waals surface area contributed by atoms with E-state index in [1.54, 1.807) is 12.1 Å². The quantitative estimate of drug-likeness (QED) is 0.462. The summed E-state index contributed by atoms with van der Waals surface area (Å²) in [6.45, 7) is 1.89. The van der Waals surface area contributed by atoms with Gasteiger partial charge >= 0.3 is 12.4 Å². The molecule has 0 aliphatic carbocycles. The number of nitriles is 1. The molecule has 2 aromatic rings. The molecule has 0 saturated heterocycles. The summed E-state index contributed by atoms with van der Waals surface area (Å²) < 4.78 is 77.1. The number of hydrogen-bond acceptors (Lipinski definition) is 2. The van der Waals surface area contributed by atoms with E-state index in [2.05, 4.69) is 4.99 Å². The number of halogens is 6. The number of aliphatic imine (C=N–C) groups is 1. The Bertz CT molecular complexity index is 825. The zero-order chi connectivity index (χ0) is 20.2. The normalized spacial score (nSPS) is 13.6. The maximum absolute atomic E-state index is 12.8. The van der Waals surface area contributed by atoms with Gasteiger partial charge in [0.1, 0.15) is 0 Å². The van der Waals surface area contributed by atoms with Crippen LogP contribution >= 0.6 is 0 Å². The van der Waals surface area contributed by atoms with Gasteiger partial charge in [0, 0.05) is 6.21 Å². The highest BCUT2D eigenvalue weighted by Crippen LogP contribution is 2.38. The van der Waals surface area contributed by atoms with Gasteiger partial charge in [0.25, 0.3) is 0 Å². The molecule has 0 aliphatic heterocycles. The van der Waals surface area contributed by atoms with Crippen molar-refractivity contribution in [2.45, 2.75) is 25.7 Å². The fourth-order valence-electron chi connectivity index (χ4n) is 2.30. The lowest BCUT2D eigenvalue weighted by molar-refractivity contribution is -0.143. The minimum Gasteiger partial charge on any atom is -0.260 e. The van der Waals surface area contributed by atoms with E-state index in [-0.39, 0.29) is 12.5 Å². The van der Waals surface area contributed by atoms with Crippen molar-refractivity contribution < 1.29 is 26.3 Å². The third-order valence-corrected chi connectivity index (χ3v) is 3.72. The average molecular weight is 384 g/mol. The molecule has 2 aromatic carbocycles. The SMILES string of the molecule is Cc1ccc(CC(C#N)C=Nc2cc(C(F)(F)F)cc(C(F)(F)F)c2)cc1. The first-order chi connectivity index (χ1) is 12.5. The summed E-state index contributed by atoms with van der Waals surface area (Å²) >= 11 is 0. The Balaban J connectivity index is 2.30. The standard InChI is InChI=1S/C19H14F6N2/c1-12-2-4-13(5-3-12)6-14(10-26)11-27-17-8-15(18(20,21)22)7-16(9-17)19(23,24)25/h2-5,7-9,11,14H,6H2,1H3. The second kappa shape index (κ2) is 7.82. The van der Waals surface area contributed by atoms with Gasteiger partial charge in [0.2, 0.25) is 0 Å². The highest BCUT2D eigenvalue weighted by Gasteiger charge is 2.36. The van der Waals surface area contributed by atoms with Crippen molar-refractivity contribution >= 4 is 11.9 Å². The van der Waals surface area contributed by atoms with E-state index in [1.165, 1.54) is 0 Å². The molecule has 0 N–H and O–H groups in total. The van der Waals surface area contributed by atoms with Crippen molar-refractivity contribution in [3.8, 4) is 6.07 Å². The maximum atomic E-state index is 12.8. The molecule has 0 heterocycles. The Morgan fingerprint density at radius 1 is 0.963 bits per heavy atom. The maximum Gasteiger partial charge on any atom is 0.416 e. The molecule has 0 aromatic heterocycles. The summed E-state index contributed by atoms with van der Waals surface area (Å²) in [5.74, 6) is -0.795. The summed E-state index contributed by atoms with van der Waals surface area (Å²) in [6, 6.07) is 10.3. The van der Waals surface area contributed by atoms with E-state index in [1.807, 2.05) is 25.1 Å². The Labute approximate surface area is 151 Å². The molecule has 0 spiro atoms. The van der Waals surface area contributed by atoms with Crippen LogP contribution in [0.1, 0.15) is 22.3 Å². The van der Waals surface area contributed by atoms with Crippen LogP contribution in [0.5, 0.6) is 0 Å². The third kappa shape index (κ3) is 5.84. The van der Waals surface area contributed by atoms with Gasteiger partial charge in [-0.15, -0.1) is 0 Å². The molecule has 0 fully saturated rings. The third-order valence-electron chi connectivity index (χ3n) is 3.72. The van der Waals surface area contributed by atoms with Crippen LogP contribution in [0.3, 0.4) is 0 Å². The highest BCUT2D eigenvalue weighted by atomic mass is 19.4. The summed E-state index contributed by atoms with van der Waals surface area (Å²) in [6.07, 6.45) is -8.58. The van der Waals surface area contributed by atoms with Crippen LogP contribution in [-0.4, -0.2) is 6.21 Å². The molecule has 1 unspecified atom stereocenters. The summed E-state index contributed by atoms with van der Waals surface area (Å²) in [4.78, 5) is 3.69. The molecule has 0 saturated carbocycles. The van der Waals surface area contributed by atoms with Gasteiger partial charge in [-0.1, -0.05) is 29.8 Å². The van der Waals surface area contributed by atoms with Gasteiger partial charge < -0.3 is 0 Å². The number of alkyl halides is 6. The predicted octanol–water partition coefficient (Wildman–Crippen LogP) is 6.12. The molecule has 0 radical (unpaired) electrons. The van der Waals surface area contributed by atoms with E-state index >= 15 is 0 Å². The van der Waals surface area contributed by atoms with Crippen LogP contribution in [0.2, 0.25) is 0 Å². The topological polar surface area (TPSA) is 36.1 Å². The molecule has 27 heavy (non-hydrogen) atoms. The lowest BCUT2D eigenvalue weighted by atomic mass is 10.0. The van der Waals surface area contributed by atoms with Gasteiger partial charge in [0.05, 0.1) is 28.8 Å². The van der Waals surface area contributed by atoms with Gasteiger partial charge in [-0.3, -0.25) is 4.99 Å². The molecule has 142 valence electrons. The number of rotatable bonds is 4. The first-order valence-corrected chi connectivity index (χ1v) is 7.78. The van der Waals surface area contributed by atoms with Gasteiger partial charge in [-0.25, -0.2) is 0 Å². The molecule has 1 atom stereocenters. The van der Waals surface area contributed by atoms with E-state index < -0.39 is 35.1 Å². The zero-order valence-corrected chi connectivity index (χ0v) is 14.1. The van der Waals surface area contributed by atoms with Crippen LogP contribution in [0.25, 0.3) is 0 Å². The molecule has 8 heteroatoms. The summed E-state index contributed by atoms with van der Waals surface area (Å²) in [5, 5.41) is 9.19. The highest BCUT2D eigenvalue weighted by molar-refractivity contribution is 5.69. The molecule has 0 bridgehead atoms. The lowest BCUT2D eigenvalue weighted by Crippen LogP contribution is -2.10. The van der Waals surface area contributed by atoms with Crippen molar-refractivity contribution in [2.24, 2.45) is 10.9 Å². The second-order valence-corrected chi connectivity index (χ2v) is 5.97. The van der Waals surface area contributed by atoms with Crippen LogP contribution in [0, 0.1) is 24.2 Å². The molecular weight excluding hydrogens is 370 g/mol. The predicted molar refractivity (Wildman–Crippen MR) is 88.6 cm³/mol. The lowest BCUT2D eigenvalue weighted by Gasteiger charge is -2.12. The summed E-state index contributed by atoms with van der Waals surface area (Å²) in [7, 11) is 0. The van der Waals surface area contributed by atoms with Gasteiger partial charge in [0.15, 0.2) is 0 Å². The zero-order valence-electron chi connectivity index (χ0n) is 14.1. The smallest absolute Gasteiger partial charge is 0.260 e. The van der Waals surface area contributed by atoms with E-state index in [9.17, 15) is 31.6 Å². The second-order valence-electron chi connectivity index (χ2n) is 5.97. The molecule has 0 amide bonds. The van der Waals surface area contributed by atoms with Crippen molar-refractivity contribution in [3.63, 3.8) is 0 Å². The fourth-order valence-corrected chi connectivity index (χ4v) is 2.30. The summed E-state index contributed by atoms with van der Waals surface area (Å²) in [5.41, 5.74) is -1.59. The fraction of sp³-hybridized carbons (Fsp3) is 0.263. The van der Waals surface area contributed by atoms with Gasteiger partial charge in [-0.2, -0.15) is 31.6 Å². The van der Waals surface area contributed by atoms with Crippen molar-refractivity contribution in [1.29, 1.82) is 5.26 Å². The molecule has 2 nitrogen and oxygen atoms in total. The number of benzene rings is 2. The van der Waals surface area contributed by atoms with Crippen LogP contribution in [-0.2, 0) is 18.8 Å². The number of hydrogen-bond donors (Lipinski definition) is 0. The molecule has 2 rings (SSSR count). The Morgan fingerprint density at radius 2 is 1.48 bits per heavy atom. The number of aryl methyl sites for hydroxylation is 1. The Kier molecular flexibility index (Phi) is 5.94. The van der Waals surface area contributed by atoms with E-state index in [4.69, 9.17) is 0 Å². The average Bonchev–Trinajstić information content (AvgIpc) is 2.58. The molecule has 0 aliphatic rings. The first-order valence-electron chi connectivity index (χ1n) is 7.78. The van der Waals surface area contributed by atoms with Crippen LogP contribution in [0.4, 0.5) is 32.0 Å². The van der Waals surface area contributed by atoms with E-state index in [0.29, 0.717) is 12.1 Å². The van der Waals surface area contributed by atoms with E-state index in [0.717, 1.165) is 17.3 Å². The minimum atomic E-state index is -4.94. The van der Waals surface area contributed by atoms with Crippen LogP contribution in [0.15, 0.2) is 47.5 Å². The number of nitrogens with zero attached hydrogens (tertiary/aromatic N) is 2. The first kappa shape index (κ1) is 20.5. The Hall–Kier alpha value is -2.82. The van der Waals surface area contributed by atoms with Crippen molar-refractivity contribution in [3.05, 3.63) is 64.7 Å². The minimum absolute atomic E-state index is 0.0348. The largest absolute Gasteiger partial charge is 0.416 e. The van der Waals surface area contributed by atoms with Crippen molar-refractivity contribution in [2.75, 3.05) is 0 Å². The van der Waals surface area contributed by atoms with Crippen LogP contribution < -0.4 is 0 Å². The molecular formula is C19H14F6N2. The van der Waals surface area contributed by atoms with Crippen molar-refractivity contribution in [1.82, 2.24) is 0 Å². The van der Waals surface area contributed by atoms with Gasteiger partial charge in [-0.05, 0) is 37.1 Å². The Morgan fingerprint density at radius 3 is 1.93 bits per heavy atom. The monoisotopic (exact) mass is 384 g/mol.